The first-order valence-electron chi connectivity index (χ1n) is 14.0. The van der Waals surface area contributed by atoms with Gasteiger partial charge in [0, 0.05) is 25.5 Å². The summed E-state index contributed by atoms with van der Waals surface area (Å²) in [4.78, 5) is 19.6. The number of carbonyl (C=O) groups is 2. The third kappa shape index (κ3) is 26.4. The number of amides is 2. The van der Waals surface area contributed by atoms with Crippen LogP contribution in [0.3, 0.4) is 0 Å². The van der Waals surface area contributed by atoms with Crippen molar-refractivity contribution in [1.82, 2.24) is 16.0 Å². The van der Waals surface area contributed by atoms with Crippen LogP contribution in [-0.2, 0) is 14.3 Å². The number of unbranched alkanes of at least 4 members (excludes halogenated alkanes) is 1. The number of nitrogens with one attached hydrogen (secondary N) is 3. The van der Waals surface area contributed by atoms with Gasteiger partial charge in [-0.2, -0.15) is 0 Å². The van der Waals surface area contributed by atoms with Crippen LogP contribution in [0.5, 0.6) is 0 Å². The van der Waals surface area contributed by atoms with Crippen LogP contribution in [0.1, 0.15) is 80.1 Å². The van der Waals surface area contributed by atoms with Crippen LogP contribution in [0, 0.1) is 5.92 Å². The molecule has 3 N–H and O–H groups in total. The number of urea groups is 1. The average Bonchev–Trinajstić information content (AvgIpc) is 2.93. The molecule has 0 bridgehead atoms. The second-order valence-corrected chi connectivity index (χ2v) is 8.24. The largest absolute Gasteiger partial charge is 0.497 e. The van der Waals surface area contributed by atoms with Crippen molar-refractivity contribution in [3.05, 3.63) is 60.1 Å². The Hall–Kier alpha value is -2.64. The van der Waals surface area contributed by atoms with Gasteiger partial charge in [-0.15, -0.1) is 0 Å². The predicted octanol–water partition coefficient (Wildman–Crippen LogP) is 6.85. The maximum absolute atomic E-state index is 11.6. The summed E-state index contributed by atoms with van der Waals surface area (Å²) in [5.74, 6) is 1.63. The number of methoxy groups -OCH3 is 1. The molecule has 7 nitrogen and oxygen atoms in total. The number of hydrogen-bond donors (Lipinski definition) is 3. The monoisotopic (exact) mass is 535 g/mol. The summed E-state index contributed by atoms with van der Waals surface area (Å²) in [6.45, 7) is 22.7. The van der Waals surface area contributed by atoms with Crippen molar-refractivity contribution in [3.8, 4) is 0 Å². The van der Waals surface area contributed by atoms with E-state index in [1.165, 1.54) is 24.8 Å². The van der Waals surface area contributed by atoms with Gasteiger partial charge in [-0.05, 0) is 83.2 Å². The minimum absolute atomic E-state index is 0.202. The molecule has 0 aliphatic heterocycles. The van der Waals surface area contributed by atoms with Crippen molar-refractivity contribution in [2.45, 2.75) is 80.1 Å². The highest BCUT2D eigenvalue weighted by Crippen LogP contribution is 2.14. The van der Waals surface area contributed by atoms with E-state index in [4.69, 9.17) is 14.3 Å². The summed E-state index contributed by atoms with van der Waals surface area (Å²) in [6.07, 6.45) is 18.0. The number of carbonyl (C=O) groups excluding carboxylic acids is 2. The van der Waals surface area contributed by atoms with Crippen molar-refractivity contribution in [1.29, 1.82) is 0 Å². The quantitative estimate of drug-likeness (QED) is 0.121. The number of ether oxygens (including phenoxy) is 2. The molecule has 0 fully saturated rings. The van der Waals surface area contributed by atoms with E-state index in [-0.39, 0.29) is 6.03 Å². The van der Waals surface area contributed by atoms with Gasteiger partial charge in [0.2, 0.25) is 0 Å². The van der Waals surface area contributed by atoms with E-state index in [1.807, 2.05) is 46.6 Å². The molecule has 0 radical (unpaired) electrons. The Morgan fingerprint density at radius 1 is 1.18 bits per heavy atom. The van der Waals surface area contributed by atoms with Crippen molar-refractivity contribution < 1.29 is 19.1 Å². The average molecular weight is 536 g/mol. The van der Waals surface area contributed by atoms with Crippen LogP contribution in [0.25, 0.3) is 0 Å². The molecule has 0 saturated heterocycles. The second-order valence-electron chi connectivity index (χ2n) is 8.24. The molecule has 38 heavy (non-hydrogen) atoms. The van der Waals surface area contributed by atoms with Gasteiger partial charge in [0.15, 0.2) is 0 Å². The first kappa shape index (κ1) is 39.9. The minimum atomic E-state index is -0.202. The van der Waals surface area contributed by atoms with Crippen LogP contribution in [-0.4, -0.2) is 52.8 Å². The molecule has 0 spiro atoms. The molecule has 0 aromatic rings. The van der Waals surface area contributed by atoms with Crippen molar-refractivity contribution in [2.24, 2.45) is 5.92 Å². The highest BCUT2D eigenvalue weighted by Gasteiger charge is 2.03. The molecule has 2 amide bonds. The summed E-state index contributed by atoms with van der Waals surface area (Å²) >= 11 is 0. The molecule has 0 saturated carbocycles. The highest BCUT2D eigenvalue weighted by atomic mass is 16.5. The predicted molar refractivity (Wildman–Crippen MR) is 163 cm³/mol. The fourth-order valence-corrected chi connectivity index (χ4v) is 3.11. The van der Waals surface area contributed by atoms with E-state index in [0.29, 0.717) is 12.2 Å². The third-order valence-electron chi connectivity index (χ3n) is 5.30. The molecule has 7 heteroatoms. The molecule has 1 aliphatic carbocycles. The summed E-state index contributed by atoms with van der Waals surface area (Å²) < 4.78 is 10.5. The van der Waals surface area contributed by atoms with Crippen LogP contribution >= 0.6 is 0 Å². The first-order valence-corrected chi connectivity index (χ1v) is 14.0. The lowest BCUT2D eigenvalue weighted by atomic mass is 10.0. The lowest BCUT2D eigenvalue weighted by molar-refractivity contribution is -0.0980. The van der Waals surface area contributed by atoms with Crippen LogP contribution in [0.2, 0.25) is 0 Å². The van der Waals surface area contributed by atoms with Gasteiger partial charge < -0.3 is 30.2 Å². The number of rotatable bonds is 15. The van der Waals surface area contributed by atoms with Gasteiger partial charge in [0.1, 0.15) is 12.5 Å². The fourth-order valence-electron chi connectivity index (χ4n) is 3.11. The molecular weight excluding hydrogens is 478 g/mol. The maximum atomic E-state index is 11.6. The topological polar surface area (TPSA) is 88.7 Å². The lowest BCUT2D eigenvalue weighted by Crippen LogP contribution is -2.35. The lowest BCUT2D eigenvalue weighted by Gasteiger charge is -2.11. The zero-order valence-corrected chi connectivity index (χ0v) is 25.4. The molecule has 0 heterocycles. The summed E-state index contributed by atoms with van der Waals surface area (Å²) in [6, 6.07) is -0.202. The molecule has 1 rings (SSSR count). The highest BCUT2D eigenvalue weighted by molar-refractivity contribution is 5.76. The molecule has 0 aromatic heterocycles. The van der Waals surface area contributed by atoms with Gasteiger partial charge in [0.05, 0.1) is 7.11 Å². The van der Waals surface area contributed by atoms with Crippen LogP contribution < -0.4 is 16.0 Å². The summed E-state index contributed by atoms with van der Waals surface area (Å²) in [7, 11) is 1.67. The van der Waals surface area contributed by atoms with E-state index in [0.717, 1.165) is 57.2 Å². The Labute approximate surface area is 233 Å². The Morgan fingerprint density at radius 2 is 1.89 bits per heavy atom. The summed E-state index contributed by atoms with van der Waals surface area (Å²) in [5.41, 5.74) is 2.02. The van der Waals surface area contributed by atoms with E-state index in [9.17, 15) is 4.79 Å². The van der Waals surface area contributed by atoms with Crippen molar-refractivity contribution in [2.75, 3.05) is 40.0 Å². The van der Waals surface area contributed by atoms with Crippen LogP contribution in [0.4, 0.5) is 4.79 Å². The zero-order chi connectivity index (χ0) is 29.4. The van der Waals surface area contributed by atoms with Crippen molar-refractivity contribution in [3.63, 3.8) is 0 Å². The minimum Gasteiger partial charge on any atom is -0.497 e. The normalized spacial score (nSPS) is 16.8. The zero-order valence-electron chi connectivity index (χ0n) is 25.4. The Balaban J connectivity index is -0.000000620. The van der Waals surface area contributed by atoms with Gasteiger partial charge in [-0.25, -0.2) is 4.79 Å². The number of allylic oxidation sites excluding steroid dienone is 6. The Morgan fingerprint density at radius 3 is 2.47 bits per heavy atom. The van der Waals surface area contributed by atoms with Gasteiger partial charge in [-0.1, -0.05) is 64.5 Å². The van der Waals surface area contributed by atoms with Crippen LogP contribution in [0.15, 0.2) is 60.1 Å². The Kier molecular flexibility index (Phi) is 34.0. The molecule has 0 aromatic carbocycles. The molecular formula is C31H57N3O4. The second kappa shape index (κ2) is 32.4. The van der Waals surface area contributed by atoms with Gasteiger partial charge >= 0.3 is 6.03 Å². The number of hydrogen-bond acceptors (Lipinski definition) is 5. The SMILES string of the molecule is C=C/C(=C\C)NC(=O)NCC/C1=C/C/C=C(OC)\C=C/C1.C=O.CC.CCCCNCC(C)CCOCC. The van der Waals surface area contributed by atoms with E-state index < -0.39 is 0 Å². The molecule has 1 unspecified atom stereocenters. The maximum Gasteiger partial charge on any atom is 0.319 e. The van der Waals surface area contributed by atoms with E-state index in [2.05, 4.69) is 48.5 Å². The smallest absolute Gasteiger partial charge is 0.319 e. The molecule has 1 atom stereocenters. The molecule has 1 aliphatic rings. The first-order chi connectivity index (χ1) is 18.5. The van der Waals surface area contributed by atoms with Gasteiger partial charge in [-0.3, -0.25) is 0 Å². The third-order valence-corrected chi connectivity index (χ3v) is 5.30. The standard InChI is InChI=1S/C17H24N2O2.C11H25NO.C2H6.CH2O/c1-4-15(5-2)19-17(20)18-13-12-14-8-6-10-16(21-3)11-7-9-14;1-4-6-8-12-10-11(3)7-9-13-5-2;2*1-2/h4-6,9-11H,1,7-8,12-13H2,2-3H3,(H2,18,19,20);11-12H,4-10H2,1-3H3;1-2H3;1H2/b10-6-,14-9+,15-5+,16-11+;;;. The molecule has 220 valence electrons. The fraction of sp³-hybridized carbons (Fsp3) is 0.613. The van der Waals surface area contributed by atoms with E-state index >= 15 is 0 Å². The van der Waals surface area contributed by atoms with Gasteiger partial charge in [0.25, 0.3) is 0 Å². The summed E-state index contributed by atoms with van der Waals surface area (Å²) in [5, 5.41) is 9.02. The van der Waals surface area contributed by atoms with E-state index in [1.54, 1.807) is 19.3 Å². The van der Waals surface area contributed by atoms with Crippen molar-refractivity contribution >= 4 is 12.8 Å². The Bertz CT molecular complexity index is 685.